The van der Waals surface area contributed by atoms with Gasteiger partial charge < -0.3 is 9.64 Å². The normalized spacial score (nSPS) is 29.2. The molecule has 1 aliphatic carbocycles. The number of hydrogen-bond donors (Lipinski definition) is 0. The van der Waals surface area contributed by atoms with Crippen LogP contribution in [0.25, 0.3) is 0 Å². The van der Waals surface area contributed by atoms with Gasteiger partial charge in [-0.3, -0.25) is 0 Å². The zero-order valence-corrected chi connectivity index (χ0v) is 12.2. The first-order valence-corrected chi connectivity index (χ1v) is 7.38. The summed E-state index contributed by atoms with van der Waals surface area (Å²) in [7, 11) is 0. The second kappa shape index (κ2) is 5.10. The van der Waals surface area contributed by atoms with Crippen LogP contribution < -0.4 is 0 Å². The fourth-order valence-corrected chi connectivity index (χ4v) is 3.15. The first-order chi connectivity index (χ1) is 8.40. The van der Waals surface area contributed by atoms with Crippen LogP contribution in [0.3, 0.4) is 0 Å². The molecule has 2 fully saturated rings. The van der Waals surface area contributed by atoms with Crippen LogP contribution in [-0.4, -0.2) is 29.7 Å². The van der Waals surface area contributed by atoms with Gasteiger partial charge in [-0.25, -0.2) is 4.79 Å². The van der Waals surface area contributed by atoms with Crippen molar-refractivity contribution in [3.63, 3.8) is 0 Å². The Hall–Kier alpha value is -0.730. The van der Waals surface area contributed by atoms with Crippen LogP contribution in [0, 0.1) is 17.8 Å². The van der Waals surface area contributed by atoms with Gasteiger partial charge in [-0.15, -0.1) is 0 Å². The summed E-state index contributed by atoms with van der Waals surface area (Å²) >= 11 is 0. The highest BCUT2D eigenvalue weighted by atomic mass is 16.6. The zero-order valence-electron chi connectivity index (χ0n) is 12.2. The molecule has 1 amide bonds. The van der Waals surface area contributed by atoms with E-state index in [1.165, 1.54) is 25.7 Å². The number of likely N-dealkylation sites (tertiary alicyclic amines) is 1. The molecule has 2 unspecified atom stereocenters. The predicted molar refractivity (Wildman–Crippen MR) is 72.4 cm³/mol. The van der Waals surface area contributed by atoms with E-state index < -0.39 is 0 Å². The van der Waals surface area contributed by atoms with E-state index in [-0.39, 0.29) is 11.7 Å². The molecular formula is C15H27NO2. The first kappa shape index (κ1) is 13.7. The number of nitrogens with zero attached hydrogens (tertiary/aromatic N) is 1. The van der Waals surface area contributed by atoms with E-state index in [1.54, 1.807) is 0 Å². The van der Waals surface area contributed by atoms with Crippen LogP contribution in [0.2, 0.25) is 0 Å². The SMILES string of the molecule is CCC1CC1C1CCN(C(=O)OC(C)(C)C)CC1. The van der Waals surface area contributed by atoms with Crippen molar-refractivity contribution in [3.8, 4) is 0 Å². The Balaban J connectivity index is 1.75. The summed E-state index contributed by atoms with van der Waals surface area (Å²) < 4.78 is 5.42. The fraction of sp³-hybridized carbons (Fsp3) is 0.933. The van der Waals surface area contributed by atoms with Gasteiger partial charge in [0.1, 0.15) is 5.60 Å². The number of carbonyl (C=O) groups excluding carboxylic acids is 1. The molecule has 0 radical (unpaired) electrons. The average molecular weight is 253 g/mol. The summed E-state index contributed by atoms with van der Waals surface area (Å²) in [5.41, 5.74) is -0.377. The van der Waals surface area contributed by atoms with Crippen molar-refractivity contribution in [2.24, 2.45) is 17.8 Å². The Morgan fingerprint density at radius 1 is 1.28 bits per heavy atom. The number of amides is 1. The third-order valence-corrected chi connectivity index (χ3v) is 4.30. The van der Waals surface area contributed by atoms with Gasteiger partial charge >= 0.3 is 6.09 Å². The van der Waals surface area contributed by atoms with Crippen molar-refractivity contribution in [2.75, 3.05) is 13.1 Å². The molecule has 104 valence electrons. The number of piperidine rings is 1. The Kier molecular flexibility index (Phi) is 3.88. The zero-order chi connectivity index (χ0) is 13.3. The summed E-state index contributed by atoms with van der Waals surface area (Å²) in [5, 5.41) is 0. The van der Waals surface area contributed by atoms with Crippen LogP contribution in [0.1, 0.15) is 53.4 Å². The largest absolute Gasteiger partial charge is 0.444 e. The van der Waals surface area contributed by atoms with Crippen molar-refractivity contribution >= 4 is 6.09 Å². The van der Waals surface area contributed by atoms with Gasteiger partial charge in [0.2, 0.25) is 0 Å². The third kappa shape index (κ3) is 3.39. The fourth-order valence-electron chi connectivity index (χ4n) is 3.15. The number of carbonyl (C=O) groups is 1. The molecule has 3 nitrogen and oxygen atoms in total. The second-order valence-corrected chi connectivity index (χ2v) is 6.87. The molecule has 0 aromatic rings. The average Bonchev–Trinajstić information content (AvgIpc) is 3.06. The molecule has 1 heterocycles. The number of ether oxygens (including phenoxy) is 1. The molecule has 1 aliphatic heterocycles. The Morgan fingerprint density at radius 2 is 1.89 bits per heavy atom. The van der Waals surface area contributed by atoms with Crippen molar-refractivity contribution in [1.82, 2.24) is 4.90 Å². The van der Waals surface area contributed by atoms with Crippen molar-refractivity contribution in [1.29, 1.82) is 0 Å². The predicted octanol–water partition coefficient (Wildman–Crippen LogP) is 3.68. The maximum atomic E-state index is 11.9. The van der Waals surface area contributed by atoms with Crippen LogP contribution in [-0.2, 0) is 4.74 Å². The van der Waals surface area contributed by atoms with Crippen molar-refractivity contribution in [3.05, 3.63) is 0 Å². The molecule has 0 spiro atoms. The molecule has 2 aliphatic rings. The minimum Gasteiger partial charge on any atom is -0.444 e. The molecule has 0 aromatic carbocycles. The topological polar surface area (TPSA) is 29.5 Å². The molecule has 0 aromatic heterocycles. The maximum absolute atomic E-state index is 11.9. The maximum Gasteiger partial charge on any atom is 0.410 e. The Bertz CT molecular complexity index is 300. The molecule has 18 heavy (non-hydrogen) atoms. The molecule has 0 N–H and O–H groups in total. The van der Waals surface area contributed by atoms with Gasteiger partial charge in [0.25, 0.3) is 0 Å². The number of hydrogen-bond acceptors (Lipinski definition) is 2. The highest BCUT2D eigenvalue weighted by Crippen LogP contribution is 2.49. The Morgan fingerprint density at radius 3 is 2.33 bits per heavy atom. The van der Waals surface area contributed by atoms with Gasteiger partial charge in [-0.1, -0.05) is 13.3 Å². The molecule has 1 saturated carbocycles. The quantitative estimate of drug-likeness (QED) is 0.751. The van der Waals surface area contributed by atoms with Crippen molar-refractivity contribution < 1.29 is 9.53 Å². The standard InChI is InChI=1S/C15H27NO2/c1-5-11-10-13(11)12-6-8-16(9-7-12)14(17)18-15(2,3)4/h11-13H,5-10H2,1-4H3. The molecular weight excluding hydrogens is 226 g/mol. The van der Waals surface area contributed by atoms with E-state index in [4.69, 9.17) is 4.74 Å². The van der Waals surface area contributed by atoms with E-state index in [2.05, 4.69) is 6.92 Å². The Labute approximate surface area is 111 Å². The molecule has 0 bridgehead atoms. The van der Waals surface area contributed by atoms with Gasteiger partial charge in [0, 0.05) is 13.1 Å². The lowest BCUT2D eigenvalue weighted by Gasteiger charge is -2.33. The summed E-state index contributed by atoms with van der Waals surface area (Å²) in [6.45, 7) is 9.83. The lowest BCUT2D eigenvalue weighted by atomic mass is 9.91. The summed E-state index contributed by atoms with van der Waals surface area (Å²) in [5.74, 6) is 2.78. The van der Waals surface area contributed by atoms with Gasteiger partial charge in [-0.05, 0) is 57.8 Å². The molecule has 2 atom stereocenters. The van der Waals surface area contributed by atoms with E-state index in [1.807, 2.05) is 25.7 Å². The van der Waals surface area contributed by atoms with Crippen LogP contribution in [0.5, 0.6) is 0 Å². The van der Waals surface area contributed by atoms with E-state index in [0.29, 0.717) is 0 Å². The minimum absolute atomic E-state index is 0.135. The summed E-state index contributed by atoms with van der Waals surface area (Å²) in [6.07, 6.45) is 4.95. The second-order valence-electron chi connectivity index (χ2n) is 6.87. The van der Waals surface area contributed by atoms with E-state index in [0.717, 1.165) is 30.8 Å². The van der Waals surface area contributed by atoms with Crippen LogP contribution >= 0.6 is 0 Å². The van der Waals surface area contributed by atoms with Crippen LogP contribution in [0.4, 0.5) is 4.79 Å². The van der Waals surface area contributed by atoms with Gasteiger partial charge in [0.05, 0.1) is 0 Å². The first-order valence-electron chi connectivity index (χ1n) is 7.38. The highest BCUT2D eigenvalue weighted by molar-refractivity contribution is 5.68. The monoisotopic (exact) mass is 253 g/mol. The van der Waals surface area contributed by atoms with Gasteiger partial charge in [0.15, 0.2) is 0 Å². The molecule has 2 rings (SSSR count). The lowest BCUT2D eigenvalue weighted by Crippen LogP contribution is -2.42. The lowest BCUT2D eigenvalue weighted by molar-refractivity contribution is 0.0174. The van der Waals surface area contributed by atoms with E-state index in [9.17, 15) is 4.79 Å². The van der Waals surface area contributed by atoms with E-state index >= 15 is 0 Å². The summed E-state index contributed by atoms with van der Waals surface area (Å²) in [4.78, 5) is 13.8. The molecule has 1 saturated heterocycles. The number of rotatable bonds is 2. The van der Waals surface area contributed by atoms with Crippen molar-refractivity contribution in [2.45, 2.75) is 59.0 Å². The van der Waals surface area contributed by atoms with Gasteiger partial charge in [-0.2, -0.15) is 0 Å². The third-order valence-electron chi connectivity index (χ3n) is 4.30. The smallest absolute Gasteiger partial charge is 0.410 e. The summed E-state index contributed by atoms with van der Waals surface area (Å²) in [6, 6.07) is 0. The minimum atomic E-state index is -0.377. The highest BCUT2D eigenvalue weighted by Gasteiger charge is 2.42. The van der Waals surface area contributed by atoms with Crippen LogP contribution in [0.15, 0.2) is 0 Å². The molecule has 3 heteroatoms.